The number of aromatic nitrogens is 1. The normalized spacial score (nSPS) is 16.2. The Morgan fingerprint density at radius 1 is 1.13 bits per heavy atom. The first kappa shape index (κ1) is 13.6. The van der Waals surface area contributed by atoms with Crippen molar-refractivity contribution in [1.82, 2.24) is 10.3 Å². The minimum Gasteiger partial charge on any atom is -0.361 e. The molecule has 2 heterocycles. The van der Waals surface area contributed by atoms with Crippen molar-refractivity contribution >= 4 is 28.4 Å². The van der Waals surface area contributed by atoms with Crippen LogP contribution in [0.15, 0.2) is 54.7 Å². The summed E-state index contributed by atoms with van der Waals surface area (Å²) in [5.41, 5.74) is 3.31. The molecular weight excluding hydrogens is 290 g/mol. The van der Waals surface area contributed by atoms with Crippen LogP contribution >= 0.6 is 0 Å². The summed E-state index contributed by atoms with van der Waals surface area (Å²) in [7, 11) is 0. The smallest absolute Gasteiger partial charge is 0.252 e. The number of anilines is 1. The highest BCUT2D eigenvalue weighted by Gasteiger charge is 2.29. The summed E-state index contributed by atoms with van der Waals surface area (Å²) in [6.07, 6.45) is 2.08. The van der Waals surface area contributed by atoms with Crippen LogP contribution in [0.5, 0.6) is 0 Å². The molecule has 0 radical (unpaired) electrons. The van der Waals surface area contributed by atoms with Crippen LogP contribution < -0.4 is 10.6 Å². The van der Waals surface area contributed by atoms with Crippen molar-refractivity contribution in [3.05, 3.63) is 65.9 Å². The summed E-state index contributed by atoms with van der Waals surface area (Å²) in [6, 6.07) is 14.8. The van der Waals surface area contributed by atoms with E-state index in [0.717, 1.165) is 22.2 Å². The third-order valence-electron chi connectivity index (χ3n) is 4.11. The second kappa shape index (κ2) is 5.28. The number of fused-ring (bicyclic) bond motifs is 2. The molecule has 5 nitrogen and oxygen atoms in total. The second-order valence-corrected chi connectivity index (χ2v) is 5.65. The fourth-order valence-corrected chi connectivity index (χ4v) is 3.01. The highest BCUT2D eigenvalue weighted by atomic mass is 16.2. The molecule has 1 aromatic heterocycles. The van der Waals surface area contributed by atoms with Crippen LogP contribution in [-0.2, 0) is 4.79 Å². The minimum atomic E-state index is -0.269. The number of amides is 2. The van der Waals surface area contributed by atoms with E-state index in [1.54, 1.807) is 6.07 Å². The number of benzene rings is 2. The van der Waals surface area contributed by atoms with Crippen LogP contribution in [0.4, 0.5) is 5.69 Å². The van der Waals surface area contributed by atoms with Crippen molar-refractivity contribution in [2.45, 2.75) is 12.5 Å². The molecule has 0 aliphatic carbocycles. The Bertz CT molecular complexity index is 913. The highest BCUT2D eigenvalue weighted by molar-refractivity contribution is 6.01. The molecule has 5 heteroatoms. The third-order valence-corrected chi connectivity index (χ3v) is 4.11. The molecule has 2 aromatic carbocycles. The molecular formula is C18H15N3O2. The van der Waals surface area contributed by atoms with Crippen LogP contribution in [0.1, 0.15) is 28.4 Å². The molecule has 0 saturated heterocycles. The van der Waals surface area contributed by atoms with Gasteiger partial charge in [0.15, 0.2) is 0 Å². The van der Waals surface area contributed by atoms with Crippen LogP contribution in [0.3, 0.4) is 0 Å². The van der Waals surface area contributed by atoms with Crippen LogP contribution in [0.2, 0.25) is 0 Å². The fraction of sp³-hybridized carbons (Fsp3) is 0.111. The molecule has 3 aromatic rings. The number of carbonyl (C=O) groups is 2. The summed E-state index contributed by atoms with van der Waals surface area (Å²) in [4.78, 5) is 27.3. The van der Waals surface area contributed by atoms with Gasteiger partial charge in [0.05, 0.1) is 12.5 Å². The van der Waals surface area contributed by atoms with Gasteiger partial charge >= 0.3 is 0 Å². The summed E-state index contributed by atoms with van der Waals surface area (Å²) in [5.74, 6) is -0.242. The number of hydrogen-bond donors (Lipinski definition) is 3. The maximum atomic E-state index is 12.3. The van der Waals surface area contributed by atoms with Crippen LogP contribution in [0, 0.1) is 0 Å². The zero-order valence-corrected chi connectivity index (χ0v) is 12.3. The molecule has 1 aliphatic rings. The number of H-pyrrole nitrogens is 1. The summed E-state index contributed by atoms with van der Waals surface area (Å²) in [6.45, 7) is 0. The largest absolute Gasteiger partial charge is 0.361 e. The van der Waals surface area contributed by atoms with E-state index in [9.17, 15) is 9.59 Å². The zero-order chi connectivity index (χ0) is 15.8. The molecule has 0 saturated carbocycles. The lowest BCUT2D eigenvalue weighted by Crippen LogP contribution is -2.24. The van der Waals surface area contributed by atoms with Crippen LogP contribution in [-0.4, -0.2) is 16.8 Å². The van der Waals surface area contributed by atoms with Gasteiger partial charge in [-0.1, -0.05) is 18.2 Å². The predicted molar refractivity (Wildman–Crippen MR) is 88.2 cm³/mol. The van der Waals surface area contributed by atoms with Crippen molar-refractivity contribution < 1.29 is 9.59 Å². The number of aromatic amines is 1. The SMILES string of the molecule is O=C(C[C@H]1NC(=O)c2ccccc21)Nc1ccc2[nH]ccc2c1. The monoisotopic (exact) mass is 305 g/mol. The van der Waals surface area contributed by atoms with Gasteiger partial charge in [-0.05, 0) is 35.9 Å². The van der Waals surface area contributed by atoms with Gasteiger partial charge in [0, 0.05) is 28.4 Å². The Morgan fingerprint density at radius 2 is 2.00 bits per heavy atom. The number of nitrogens with one attached hydrogen (secondary N) is 3. The molecule has 0 bridgehead atoms. The number of rotatable bonds is 3. The van der Waals surface area contributed by atoms with E-state index in [1.165, 1.54) is 0 Å². The van der Waals surface area contributed by atoms with E-state index >= 15 is 0 Å². The lowest BCUT2D eigenvalue weighted by atomic mass is 10.0. The van der Waals surface area contributed by atoms with Gasteiger partial charge in [-0.2, -0.15) is 0 Å². The van der Waals surface area contributed by atoms with Gasteiger partial charge in [0.25, 0.3) is 5.91 Å². The lowest BCUT2D eigenvalue weighted by Gasteiger charge is -2.12. The van der Waals surface area contributed by atoms with Crippen LogP contribution in [0.25, 0.3) is 10.9 Å². The molecule has 23 heavy (non-hydrogen) atoms. The maximum Gasteiger partial charge on any atom is 0.252 e. The lowest BCUT2D eigenvalue weighted by molar-refractivity contribution is -0.116. The Labute approximate surface area is 132 Å². The van der Waals surface area contributed by atoms with Crippen molar-refractivity contribution in [1.29, 1.82) is 0 Å². The first-order chi connectivity index (χ1) is 11.2. The average Bonchev–Trinajstić information content (AvgIpc) is 3.12. The van der Waals surface area contributed by atoms with Gasteiger partial charge in [-0.15, -0.1) is 0 Å². The Hall–Kier alpha value is -3.08. The van der Waals surface area contributed by atoms with E-state index in [2.05, 4.69) is 15.6 Å². The van der Waals surface area contributed by atoms with E-state index in [-0.39, 0.29) is 24.3 Å². The second-order valence-electron chi connectivity index (χ2n) is 5.65. The minimum absolute atomic E-state index is 0.118. The van der Waals surface area contributed by atoms with Crippen molar-refractivity contribution in [2.75, 3.05) is 5.32 Å². The summed E-state index contributed by atoms with van der Waals surface area (Å²) < 4.78 is 0. The molecule has 2 amide bonds. The van der Waals surface area contributed by atoms with Crippen molar-refractivity contribution in [3.63, 3.8) is 0 Å². The first-order valence-electron chi connectivity index (χ1n) is 7.47. The first-order valence-corrected chi connectivity index (χ1v) is 7.47. The molecule has 3 N–H and O–H groups in total. The molecule has 0 fully saturated rings. The Balaban J connectivity index is 1.49. The highest BCUT2D eigenvalue weighted by Crippen LogP contribution is 2.28. The summed E-state index contributed by atoms with van der Waals surface area (Å²) >= 11 is 0. The molecule has 0 spiro atoms. The van der Waals surface area contributed by atoms with E-state index < -0.39 is 0 Å². The summed E-state index contributed by atoms with van der Waals surface area (Å²) in [5, 5.41) is 6.79. The molecule has 1 atom stereocenters. The number of carbonyl (C=O) groups excluding carboxylic acids is 2. The van der Waals surface area contributed by atoms with Gasteiger partial charge < -0.3 is 15.6 Å². The van der Waals surface area contributed by atoms with Gasteiger partial charge in [-0.25, -0.2) is 0 Å². The van der Waals surface area contributed by atoms with E-state index in [0.29, 0.717) is 5.56 Å². The van der Waals surface area contributed by atoms with Gasteiger partial charge in [-0.3, -0.25) is 9.59 Å². The quantitative estimate of drug-likeness (QED) is 0.696. The van der Waals surface area contributed by atoms with E-state index in [4.69, 9.17) is 0 Å². The average molecular weight is 305 g/mol. The molecule has 0 unspecified atom stereocenters. The van der Waals surface area contributed by atoms with E-state index in [1.807, 2.05) is 48.7 Å². The zero-order valence-electron chi connectivity index (χ0n) is 12.3. The van der Waals surface area contributed by atoms with Crippen molar-refractivity contribution in [3.8, 4) is 0 Å². The maximum absolute atomic E-state index is 12.3. The Kier molecular flexibility index (Phi) is 3.12. The molecule has 1 aliphatic heterocycles. The standard InChI is InChI=1S/C18H15N3O2/c22-17(20-12-5-6-15-11(9-12)7-8-19-15)10-16-13-3-1-2-4-14(13)18(23)21-16/h1-9,16,19H,10H2,(H,20,22)(H,21,23)/t16-/m1/s1. The molecule has 114 valence electrons. The van der Waals surface area contributed by atoms with Gasteiger partial charge in [0.1, 0.15) is 0 Å². The predicted octanol–water partition coefficient (Wildman–Crippen LogP) is 2.98. The van der Waals surface area contributed by atoms with Crippen molar-refractivity contribution in [2.24, 2.45) is 0 Å². The topological polar surface area (TPSA) is 74.0 Å². The van der Waals surface area contributed by atoms with Gasteiger partial charge in [0.2, 0.25) is 5.91 Å². The molecule has 4 rings (SSSR count). The fourth-order valence-electron chi connectivity index (χ4n) is 3.01. The third kappa shape index (κ3) is 2.46. The number of hydrogen-bond acceptors (Lipinski definition) is 2. The Morgan fingerprint density at radius 3 is 2.91 bits per heavy atom.